The SMILES string of the molecule is CN(Cc1cccc(Cl)c1)S(=O)(=O)CC1CCNCC1. The average molecular weight is 317 g/mol. The lowest BCUT2D eigenvalue weighted by Gasteiger charge is -2.25. The van der Waals surface area contributed by atoms with Crippen LogP contribution in [-0.2, 0) is 16.6 Å². The molecule has 1 aromatic rings. The Bertz CT molecular complexity index is 542. The van der Waals surface area contributed by atoms with E-state index in [0.717, 1.165) is 31.5 Å². The molecule has 2 rings (SSSR count). The Labute approximate surface area is 126 Å². The molecule has 1 aliphatic heterocycles. The largest absolute Gasteiger partial charge is 0.317 e. The molecule has 4 nitrogen and oxygen atoms in total. The molecule has 20 heavy (non-hydrogen) atoms. The Morgan fingerprint density at radius 2 is 2.05 bits per heavy atom. The van der Waals surface area contributed by atoms with Crippen LogP contribution in [0.2, 0.25) is 5.02 Å². The number of halogens is 1. The van der Waals surface area contributed by atoms with E-state index in [0.29, 0.717) is 11.6 Å². The van der Waals surface area contributed by atoms with Crippen molar-refractivity contribution in [2.75, 3.05) is 25.9 Å². The van der Waals surface area contributed by atoms with Gasteiger partial charge in [0.05, 0.1) is 5.75 Å². The predicted octanol–water partition coefficient (Wildman–Crippen LogP) is 2.10. The minimum absolute atomic E-state index is 0.242. The van der Waals surface area contributed by atoms with E-state index < -0.39 is 10.0 Å². The predicted molar refractivity (Wildman–Crippen MR) is 82.3 cm³/mol. The van der Waals surface area contributed by atoms with Crippen LogP contribution in [-0.4, -0.2) is 38.6 Å². The van der Waals surface area contributed by atoms with Crippen LogP contribution >= 0.6 is 11.6 Å². The van der Waals surface area contributed by atoms with Crippen molar-refractivity contribution in [3.63, 3.8) is 0 Å². The van der Waals surface area contributed by atoms with Gasteiger partial charge in [0.1, 0.15) is 0 Å². The van der Waals surface area contributed by atoms with Gasteiger partial charge in [-0.1, -0.05) is 23.7 Å². The Hall–Kier alpha value is -0.620. The van der Waals surface area contributed by atoms with Crippen LogP contribution in [0.3, 0.4) is 0 Å². The molecule has 6 heteroatoms. The molecule has 0 saturated carbocycles. The van der Waals surface area contributed by atoms with Crippen molar-refractivity contribution in [1.29, 1.82) is 0 Å². The van der Waals surface area contributed by atoms with E-state index in [1.807, 2.05) is 12.1 Å². The third-order valence-electron chi connectivity index (χ3n) is 3.67. The fourth-order valence-corrected chi connectivity index (χ4v) is 4.21. The Kier molecular flexibility index (Phi) is 5.43. The van der Waals surface area contributed by atoms with E-state index in [-0.39, 0.29) is 11.7 Å². The number of piperidine rings is 1. The molecule has 0 unspecified atom stereocenters. The van der Waals surface area contributed by atoms with Crippen LogP contribution in [0.15, 0.2) is 24.3 Å². The summed E-state index contributed by atoms with van der Waals surface area (Å²) in [6, 6.07) is 7.32. The fourth-order valence-electron chi connectivity index (χ4n) is 2.46. The summed E-state index contributed by atoms with van der Waals surface area (Å²) in [5.41, 5.74) is 0.911. The van der Waals surface area contributed by atoms with Crippen LogP contribution in [0.1, 0.15) is 18.4 Å². The minimum Gasteiger partial charge on any atom is -0.317 e. The summed E-state index contributed by atoms with van der Waals surface area (Å²) >= 11 is 5.92. The van der Waals surface area contributed by atoms with Crippen molar-refractivity contribution < 1.29 is 8.42 Å². The monoisotopic (exact) mass is 316 g/mol. The molecule has 1 aliphatic rings. The van der Waals surface area contributed by atoms with E-state index in [1.54, 1.807) is 19.2 Å². The molecule has 1 heterocycles. The third-order valence-corrected chi connectivity index (χ3v) is 5.88. The second kappa shape index (κ2) is 6.89. The maximum absolute atomic E-state index is 12.4. The van der Waals surface area contributed by atoms with Gasteiger partial charge >= 0.3 is 0 Å². The molecule has 1 saturated heterocycles. The van der Waals surface area contributed by atoms with Gasteiger partial charge in [-0.3, -0.25) is 0 Å². The van der Waals surface area contributed by atoms with E-state index in [4.69, 9.17) is 11.6 Å². The highest BCUT2D eigenvalue weighted by atomic mass is 35.5. The highest BCUT2D eigenvalue weighted by Gasteiger charge is 2.24. The first kappa shape index (κ1) is 15.8. The van der Waals surface area contributed by atoms with Crippen molar-refractivity contribution in [2.24, 2.45) is 5.92 Å². The lowest BCUT2D eigenvalue weighted by Crippen LogP contribution is -2.36. The van der Waals surface area contributed by atoms with Gasteiger partial charge in [-0.15, -0.1) is 0 Å². The Balaban J connectivity index is 1.97. The molecule has 0 amide bonds. The molecule has 1 aromatic carbocycles. The zero-order chi connectivity index (χ0) is 14.6. The zero-order valence-electron chi connectivity index (χ0n) is 11.7. The first-order chi connectivity index (χ1) is 9.47. The summed E-state index contributed by atoms with van der Waals surface area (Å²) in [7, 11) is -1.57. The van der Waals surface area contributed by atoms with Crippen LogP contribution in [0.5, 0.6) is 0 Å². The number of nitrogens with one attached hydrogen (secondary N) is 1. The Morgan fingerprint density at radius 1 is 1.35 bits per heavy atom. The molecular formula is C14H21ClN2O2S. The number of nitrogens with zero attached hydrogens (tertiary/aromatic N) is 1. The van der Waals surface area contributed by atoms with Gasteiger partial charge in [0.2, 0.25) is 10.0 Å². The minimum atomic E-state index is -3.21. The number of sulfonamides is 1. The van der Waals surface area contributed by atoms with Gasteiger partial charge in [-0.25, -0.2) is 12.7 Å². The summed E-state index contributed by atoms with van der Waals surface area (Å²) in [5.74, 6) is 0.509. The first-order valence-electron chi connectivity index (χ1n) is 6.86. The quantitative estimate of drug-likeness (QED) is 0.905. The lowest BCUT2D eigenvalue weighted by molar-refractivity contribution is 0.388. The summed E-state index contributed by atoms with van der Waals surface area (Å²) in [6.07, 6.45) is 1.87. The smallest absolute Gasteiger partial charge is 0.214 e. The molecule has 1 fully saturated rings. The maximum Gasteiger partial charge on any atom is 0.214 e. The summed E-state index contributed by atoms with van der Waals surface area (Å²) < 4.78 is 26.2. The molecule has 0 aliphatic carbocycles. The number of rotatable bonds is 5. The highest BCUT2D eigenvalue weighted by Crippen LogP contribution is 2.18. The molecular weight excluding hydrogens is 296 g/mol. The Morgan fingerprint density at radius 3 is 2.70 bits per heavy atom. The second-order valence-corrected chi connectivity index (χ2v) is 7.91. The maximum atomic E-state index is 12.4. The van der Waals surface area contributed by atoms with Gasteiger partial charge in [0.25, 0.3) is 0 Å². The second-order valence-electron chi connectivity index (χ2n) is 5.36. The number of hydrogen-bond donors (Lipinski definition) is 1. The van der Waals surface area contributed by atoms with Crippen molar-refractivity contribution in [2.45, 2.75) is 19.4 Å². The zero-order valence-corrected chi connectivity index (χ0v) is 13.3. The van der Waals surface area contributed by atoms with Crippen molar-refractivity contribution >= 4 is 21.6 Å². The first-order valence-corrected chi connectivity index (χ1v) is 8.85. The molecule has 112 valence electrons. The lowest BCUT2D eigenvalue weighted by atomic mass is 10.0. The van der Waals surface area contributed by atoms with E-state index in [9.17, 15) is 8.42 Å². The van der Waals surface area contributed by atoms with Gasteiger partial charge in [-0.05, 0) is 49.5 Å². The van der Waals surface area contributed by atoms with Crippen LogP contribution in [0, 0.1) is 5.92 Å². The van der Waals surface area contributed by atoms with Gasteiger partial charge in [0.15, 0.2) is 0 Å². The van der Waals surface area contributed by atoms with Gasteiger partial charge in [0, 0.05) is 18.6 Å². The highest BCUT2D eigenvalue weighted by molar-refractivity contribution is 7.89. The van der Waals surface area contributed by atoms with Crippen molar-refractivity contribution in [3.05, 3.63) is 34.9 Å². The average Bonchev–Trinajstić information content (AvgIpc) is 2.39. The molecule has 0 atom stereocenters. The van der Waals surface area contributed by atoms with Crippen LogP contribution in [0.25, 0.3) is 0 Å². The van der Waals surface area contributed by atoms with Crippen LogP contribution < -0.4 is 5.32 Å². The standard InChI is InChI=1S/C14H21ClN2O2S/c1-17(10-13-3-2-4-14(15)9-13)20(18,19)11-12-5-7-16-8-6-12/h2-4,9,12,16H,5-8,10-11H2,1H3. The van der Waals surface area contributed by atoms with E-state index in [2.05, 4.69) is 5.32 Å². The van der Waals surface area contributed by atoms with Gasteiger partial charge < -0.3 is 5.32 Å². The molecule has 0 aromatic heterocycles. The normalized spacial score (nSPS) is 17.6. The van der Waals surface area contributed by atoms with E-state index in [1.165, 1.54) is 4.31 Å². The molecule has 0 radical (unpaired) electrons. The molecule has 0 spiro atoms. The molecule has 0 bridgehead atoms. The topological polar surface area (TPSA) is 49.4 Å². The van der Waals surface area contributed by atoms with E-state index >= 15 is 0 Å². The summed E-state index contributed by atoms with van der Waals surface area (Å²) in [4.78, 5) is 0. The third kappa shape index (κ3) is 4.45. The molecule has 1 N–H and O–H groups in total. The number of hydrogen-bond acceptors (Lipinski definition) is 3. The van der Waals surface area contributed by atoms with Gasteiger partial charge in [-0.2, -0.15) is 0 Å². The van der Waals surface area contributed by atoms with Crippen LogP contribution in [0.4, 0.5) is 0 Å². The summed E-state index contributed by atoms with van der Waals surface area (Å²) in [5, 5.41) is 3.88. The van der Waals surface area contributed by atoms with Crippen molar-refractivity contribution in [1.82, 2.24) is 9.62 Å². The van der Waals surface area contributed by atoms with Crippen molar-refractivity contribution in [3.8, 4) is 0 Å². The number of benzene rings is 1. The fraction of sp³-hybridized carbons (Fsp3) is 0.571. The summed E-state index contributed by atoms with van der Waals surface area (Å²) in [6.45, 7) is 2.20.